The normalized spacial score (nSPS) is 25.0. The molecule has 3 aliphatic rings. The standard InChI is InChI=1S/C32H41FN6O5Si/c1-21-30(45(3,4)33)28(11-14-37-20-23(12-16-40)35-36-37)44-32(21)26-17-25(43-2)9-10-27(26)39(31(32)42)19-22-5-7-24(8-6-22)38-15-13-34-18-29(38)41/h5-10,17,20-21,28,30,34,40H,11-16,18-19H2,1-4H3/t21-,28+,30-,32+/m0/s1. The van der Waals surface area contributed by atoms with E-state index >= 15 is 4.11 Å². The maximum absolute atomic E-state index is 16.2. The lowest BCUT2D eigenvalue weighted by Gasteiger charge is -2.31. The summed E-state index contributed by atoms with van der Waals surface area (Å²) in [5, 5.41) is 20.6. The van der Waals surface area contributed by atoms with Gasteiger partial charge in [0.05, 0.1) is 37.7 Å². The molecule has 3 aliphatic heterocycles. The van der Waals surface area contributed by atoms with E-state index in [0.717, 1.165) is 23.5 Å². The molecular weight excluding hydrogens is 595 g/mol. The van der Waals surface area contributed by atoms with Gasteiger partial charge in [-0.1, -0.05) is 24.3 Å². The largest absolute Gasteiger partial charge is 0.497 e. The second-order valence-electron chi connectivity index (χ2n) is 12.7. The topological polar surface area (TPSA) is 122 Å². The molecule has 0 radical (unpaired) electrons. The van der Waals surface area contributed by atoms with Crippen molar-refractivity contribution in [1.82, 2.24) is 20.3 Å². The number of aryl methyl sites for hydroxylation is 1. The van der Waals surface area contributed by atoms with E-state index in [1.54, 1.807) is 40.9 Å². The summed E-state index contributed by atoms with van der Waals surface area (Å²) in [7, 11) is -1.75. The molecule has 13 heteroatoms. The number of carbonyl (C=O) groups excluding carboxylic acids is 2. The van der Waals surface area contributed by atoms with Gasteiger partial charge in [0.25, 0.3) is 5.91 Å². The zero-order chi connectivity index (χ0) is 31.9. The van der Waals surface area contributed by atoms with Crippen molar-refractivity contribution in [2.75, 3.05) is 43.2 Å². The lowest BCUT2D eigenvalue weighted by molar-refractivity contribution is -0.146. The molecule has 1 aromatic heterocycles. The van der Waals surface area contributed by atoms with Gasteiger partial charge in [0, 0.05) is 61.6 Å². The highest BCUT2D eigenvalue weighted by atomic mass is 28.4. The monoisotopic (exact) mass is 636 g/mol. The van der Waals surface area contributed by atoms with E-state index in [-0.39, 0.29) is 18.4 Å². The molecule has 6 rings (SSSR count). The van der Waals surface area contributed by atoms with Gasteiger partial charge >= 0.3 is 0 Å². The molecule has 0 unspecified atom stereocenters. The Kier molecular flexibility index (Phi) is 8.54. The second kappa shape index (κ2) is 12.3. The highest BCUT2D eigenvalue weighted by molar-refractivity contribution is 6.72. The van der Waals surface area contributed by atoms with Gasteiger partial charge < -0.3 is 33.8 Å². The van der Waals surface area contributed by atoms with Crippen LogP contribution in [-0.4, -0.2) is 79.8 Å². The first-order chi connectivity index (χ1) is 21.6. The number of hydrogen-bond acceptors (Lipinski definition) is 8. The minimum absolute atomic E-state index is 0.0182. The third kappa shape index (κ3) is 5.66. The van der Waals surface area contributed by atoms with Crippen LogP contribution in [0.4, 0.5) is 15.5 Å². The number of rotatable bonds is 10. The fourth-order valence-corrected chi connectivity index (χ4v) is 9.90. The highest BCUT2D eigenvalue weighted by Gasteiger charge is 2.66. The molecule has 0 bridgehead atoms. The zero-order valence-corrected chi connectivity index (χ0v) is 27.2. The van der Waals surface area contributed by atoms with Gasteiger partial charge in [-0.3, -0.25) is 14.3 Å². The molecule has 0 aliphatic carbocycles. The average molecular weight is 637 g/mol. The van der Waals surface area contributed by atoms with Crippen LogP contribution in [0.3, 0.4) is 0 Å². The summed E-state index contributed by atoms with van der Waals surface area (Å²) in [6.07, 6.45) is 2.13. The number of nitrogens with zero attached hydrogens (tertiary/aromatic N) is 5. The van der Waals surface area contributed by atoms with Crippen LogP contribution in [0.25, 0.3) is 0 Å². The van der Waals surface area contributed by atoms with Gasteiger partial charge in [0.1, 0.15) is 5.75 Å². The summed E-state index contributed by atoms with van der Waals surface area (Å²) in [6.45, 7) is 7.69. The second-order valence-corrected chi connectivity index (χ2v) is 16.5. The number of benzene rings is 2. The molecule has 2 aromatic carbocycles. The molecule has 2 fully saturated rings. The molecule has 4 atom stereocenters. The van der Waals surface area contributed by atoms with Gasteiger partial charge in [0.15, 0.2) is 5.60 Å². The molecule has 2 saturated heterocycles. The molecule has 2 amide bonds. The summed E-state index contributed by atoms with van der Waals surface area (Å²) < 4.78 is 30.3. The van der Waals surface area contributed by atoms with Crippen molar-refractivity contribution in [2.24, 2.45) is 5.92 Å². The number of carbonyl (C=O) groups is 2. The Morgan fingerprint density at radius 1 is 1.20 bits per heavy atom. The number of amides is 2. The number of nitrogens with one attached hydrogen (secondary N) is 1. The fraction of sp³-hybridized carbons (Fsp3) is 0.500. The molecular formula is C32H41FN6O5Si. The predicted molar refractivity (Wildman–Crippen MR) is 169 cm³/mol. The number of aromatic nitrogens is 3. The van der Waals surface area contributed by atoms with Crippen LogP contribution in [-0.2, 0) is 39.4 Å². The minimum Gasteiger partial charge on any atom is -0.497 e. The summed E-state index contributed by atoms with van der Waals surface area (Å²) in [6, 6.07) is 13.3. The van der Waals surface area contributed by atoms with Gasteiger partial charge in [-0.2, -0.15) is 0 Å². The molecule has 11 nitrogen and oxygen atoms in total. The van der Waals surface area contributed by atoms with Crippen LogP contribution in [0.2, 0.25) is 18.6 Å². The van der Waals surface area contributed by atoms with Crippen molar-refractivity contribution in [1.29, 1.82) is 0 Å². The van der Waals surface area contributed by atoms with Gasteiger partial charge in [-0.25, -0.2) is 0 Å². The Morgan fingerprint density at radius 3 is 2.67 bits per heavy atom. The number of halogens is 1. The first kappa shape index (κ1) is 31.3. The summed E-state index contributed by atoms with van der Waals surface area (Å²) >= 11 is 0. The van der Waals surface area contributed by atoms with E-state index in [1.165, 1.54) is 0 Å². The number of aliphatic hydroxyl groups is 1. The smallest absolute Gasteiger partial charge is 0.264 e. The molecule has 0 saturated carbocycles. The van der Waals surface area contributed by atoms with Gasteiger partial charge in [-0.15, -0.1) is 5.10 Å². The number of aliphatic hydroxyl groups excluding tert-OH is 1. The Labute approximate surface area is 263 Å². The van der Waals surface area contributed by atoms with Crippen molar-refractivity contribution in [3.8, 4) is 5.75 Å². The maximum Gasteiger partial charge on any atom is 0.264 e. The van der Waals surface area contributed by atoms with Crippen LogP contribution in [0, 0.1) is 5.92 Å². The molecule has 240 valence electrons. The Morgan fingerprint density at radius 2 is 1.98 bits per heavy atom. The third-order valence-electron chi connectivity index (χ3n) is 9.44. The van der Waals surface area contributed by atoms with Gasteiger partial charge in [-0.05, 0) is 55.4 Å². The van der Waals surface area contributed by atoms with Crippen molar-refractivity contribution < 1.29 is 28.3 Å². The van der Waals surface area contributed by atoms with Crippen LogP contribution in [0.5, 0.6) is 5.75 Å². The molecule has 1 spiro atoms. The minimum atomic E-state index is -3.33. The molecule has 45 heavy (non-hydrogen) atoms. The quantitative estimate of drug-likeness (QED) is 0.257. The molecule has 2 N–H and O–H groups in total. The molecule has 3 aromatic rings. The van der Waals surface area contributed by atoms with Crippen LogP contribution in [0.1, 0.15) is 30.2 Å². The first-order valence-electron chi connectivity index (χ1n) is 15.5. The van der Waals surface area contributed by atoms with Gasteiger partial charge in [0.2, 0.25) is 14.3 Å². The van der Waals surface area contributed by atoms with Crippen molar-refractivity contribution in [3.05, 3.63) is 65.5 Å². The number of fused-ring (bicyclic) bond motifs is 2. The predicted octanol–water partition coefficient (Wildman–Crippen LogP) is 3.17. The number of ether oxygens (including phenoxy) is 2. The van der Waals surface area contributed by atoms with E-state index in [4.69, 9.17) is 9.47 Å². The lowest BCUT2D eigenvalue weighted by Crippen LogP contribution is -2.48. The van der Waals surface area contributed by atoms with Crippen LogP contribution >= 0.6 is 0 Å². The lowest BCUT2D eigenvalue weighted by atomic mass is 9.82. The zero-order valence-electron chi connectivity index (χ0n) is 26.2. The summed E-state index contributed by atoms with van der Waals surface area (Å²) in [4.78, 5) is 30.6. The van der Waals surface area contributed by atoms with Crippen molar-refractivity contribution in [3.63, 3.8) is 0 Å². The first-order valence-corrected chi connectivity index (χ1v) is 18.5. The summed E-state index contributed by atoms with van der Waals surface area (Å²) in [5.41, 5.74) is 2.00. The van der Waals surface area contributed by atoms with Crippen molar-refractivity contribution >= 4 is 31.6 Å². The number of hydrogen-bond donors (Lipinski definition) is 2. The van der Waals surface area contributed by atoms with Crippen molar-refractivity contribution in [2.45, 2.75) is 63.2 Å². The fourth-order valence-electron chi connectivity index (χ4n) is 7.36. The van der Waals surface area contributed by atoms with Crippen LogP contribution < -0.4 is 19.9 Å². The van der Waals surface area contributed by atoms with E-state index < -0.39 is 31.6 Å². The molecule has 4 heterocycles. The Balaban J connectivity index is 1.31. The number of piperazine rings is 1. The highest BCUT2D eigenvalue weighted by Crippen LogP contribution is 2.60. The van der Waals surface area contributed by atoms with E-state index in [9.17, 15) is 14.7 Å². The maximum atomic E-state index is 16.2. The Hall–Kier alpha value is -3.65. The van der Waals surface area contributed by atoms with E-state index in [1.807, 2.05) is 49.4 Å². The van der Waals surface area contributed by atoms with Crippen LogP contribution in [0.15, 0.2) is 48.7 Å². The number of methoxy groups -OCH3 is 1. The van der Waals surface area contributed by atoms with E-state index in [2.05, 4.69) is 15.6 Å². The SMILES string of the molecule is COc1ccc2c(c1)[C@@]1(O[C@H](CCn3cc(CCO)nn3)[C@@H]([Si](C)(C)F)[C@@H]1C)C(=O)N2Cc1ccc(N2CCNCC2=O)cc1. The Bertz CT molecular complexity index is 1560. The third-order valence-corrected chi connectivity index (χ3v) is 11.9. The average Bonchev–Trinajstić information content (AvgIpc) is 3.66. The number of anilines is 2. The summed E-state index contributed by atoms with van der Waals surface area (Å²) in [5.74, 6) is -0.0196. The van der Waals surface area contributed by atoms with E-state index in [0.29, 0.717) is 56.0 Å².